The molecule has 0 aliphatic carbocycles. The maximum absolute atomic E-state index is 12.8. The lowest BCUT2D eigenvalue weighted by Crippen LogP contribution is -2.05. The first-order chi connectivity index (χ1) is 8.80. The van der Waals surface area contributed by atoms with Gasteiger partial charge in [-0.2, -0.15) is 13.2 Å². The number of alkyl halides is 3. The number of halogens is 6. The Morgan fingerprint density at radius 2 is 1.63 bits per heavy atom. The first-order valence-corrected chi connectivity index (χ1v) is 7.08. The molecule has 0 N–H and O–H groups in total. The van der Waals surface area contributed by atoms with E-state index >= 15 is 0 Å². The van der Waals surface area contributed by atoms with Gasteiger partial charge in [-0.1, -0.05) is 49.5 Å². The first kappa shape index (κ1) is 14.9. The third kappa shape index (κ3) is 3.15. The predicted octanol–water partition coefficient (Wildman–Crippen LogP) is 6.55. The molecule has 2 aromatic rings. The van der Waals surface area contributed by atoms with Gasteiger partial charge in [0.1, 0.15) is 0 Å². The van der Waals surface area contributed by atoms with E-state index in [1.807, 2.05) is 0 Å². The minimum atomic E-state index is -4.39. The van der Waals surface area contributed by atoms with Gasteiger partial charge in [-0.3, -0.25) is 0 Å². The molecule has 6 heteroatoms. The summed E-state index contributed by atoms with van der Waals surface area (Å²) in [5, 5.41) is 0.384. The molecular formula is C13H6Br2ClF3. The summed E-state index contributed by atoms with van der Waals surface area (Å²) in [6.45, 7) is 0. The van der Waals surface area contributed by atoms with Crippen LogP contribution in [-0.4, -0.2) is 0 Å². The molecular weight excluding hydrogens is 408 g/mol. The molecule has 0 atom stereocenters. The van der Waals surface area contributed by atoms with Gasteiger partial charge in [0.15, 0.2) is 0 Å². The zero-order chi connectivity index (χ0) is 14.2. The standard InChI is InChI=1S/C13H6Br2ClF3/c14-9-5-4-7(13(17,18)19)6-8(9)12-10(15)2-1-3-11(12)16/h1-6H. The summed E-state index contributed by atoms with van der Waals surface area (Å²) in [6.07, 6.45) is -4.39. The van der Waals surface area contributed by atoms with Crippen LogP contribution >= 0.6 is 43.5 Å². The fraction of sp³-hybridized carbons (Fsp3) is 0.0769. The van der Waals surface area contributed by atoms with Crippen LogP contribution in [-0.2, 0) is 6.18 Å². The highest BCUT2D eigenvalue weighted by Gasteiger charge is 2.31. The van der Waals surface area contributed by atoms with Crippen LogP contribution in [0, 0.1) is 0 Å². The molecule has 0 aromatic heterocycles. The van der Waals surface area contributed by atoms with E-state index in [9.17, 15) is 13.2 Å². The third-order valence-electron chi connectivity index (χ3n) is 2.53. The molecule has 0 fully saturated rings. The maximum atomic E-state index is 12.8. The lowest BCUT2D eigenvalue weighted by atomic mass is 10.0. The molecule has 0 nitrogen and oxygen atoms in total. The Hall–Kier alpha value is -0.520. The zero-order valence-electron chi connectivity index (χ0n) is 9.23. The molecule has 0 aliphatic heterocycles. The number of rotatable bonds is 1. The summed E-state index contributed by atoms with van der Waals surface area (Å²) in [5.41, 5.74) is 0.215. The maximum Gasteiger partial charge on any atom is 0.416 e. The Labute approximate surface area is 129 Å². The third-order valence-corrected chi connectivity index (χ3v) is 4.19. The number of benzene rings is 2. The zero-order valence-corrected chi connectivity index (χ0v) is 13.2. The molecule has 0 unspecified atom stereocenters. The quantitative estimate of drug-likeness (QED) is 0.496. The van der Waals surface area contributed by atoms with Gasteiger partial charge in [0.2, 0.25) is 0 Å². The Kier molecular flexibility index (Phi) is 4.28. The largest absolute Gasteiger partial charge is 0.416 e. The molecule has 0 radical (unpaired) electrons. The lowest BCUT2D eigenvalue weighted by Gasteiger charge is -2.13. The van der Waals surface area contributed by atoms with E-state index in [1.54, 1.807) is 18.2 Å². The highest BCUT2D eigenvalue weighted by molar-refractivity contribution is 9.11. The van der Waals surface area contributed by atoms with E-state index in [1.165, 1.54) is 6.07 Å². The molecule has 2 aromatic carbocycles. The van der Waals surface area contributed by atoms with Crippen molar-refractivity contribution >= 4 is 43.5 Å². The number of hydrogen-bond acceptors (Lipinski definition) is 0. The minimum Gasteiger partial charge on any atom is -0.166 e. The van der Waals surface area contributed by atoms with Gasteiger partial charge in [0.25, 0.3) is 0 Å². The van der Waals surface area contributed by atoms with Crippen LogP contribution in [0.2, 0.25) is 5.02 Å². The smallest absolute Gasteiger partial charge is 0.166 e. The second-order valence-electron chi connectivity index (χ2n) is 3.79. The van der Waals surface area contributed by atoms with Gasteiger partial charge in [0, 0.05) is 19.5 Å². The summed E-state index contributed by atoms with van der Waals surface area (Å²) in [6, 6.07) is 8.56. The average molecular weight is 414 g/mol. The van der Waals surface area contributed by atoms with E-state index in [2.05, 4.69) is 31.9 Å². The Balaban J connectivity index is 2.69. The molecule has 0 bridgehead atoms. The summed E-state index contributed by atoms with van der Waals surface area (Å²) in [7, 11) is 0. The van der Waals surface area contributed by atoms with Gasteiger partial charge < -0.3 is 0 Å². The lowest BCUT2D eigenvalue weighted by molar-refractivity contribution is -0.137. The molecule has 0 aliphatic rings. The summed E-state index contributed by atoms with van der Waals surface area (Å²) >= 11 is 12.6. The molecule has 0 heterocycles. The predicted molar refractivity (Wildman–Crippen MR) is 77.3 cm³/mol. The van der Waals surface area contributed by atoms with Crippen LogP contribution in [0.15, 0.2) is 45.3 Å². The van der Waals surface area contributed by atoms with Crippen molar-refractivity contribution < 1.29 is 13.2 Å². The van der Waals surface area contributed by atoms with Gasteiger partial charge in [-0.15, -0.1) is 0 Å². The van der Waals surface area contributed by atoms with Crippen LogP contribution < -0.4 is 0 Å². The van der Waals surface area contributed by atoms with E-state index in [0.717, 1.165) is 12.1 Å². The van der Waals surface area contributed by atoms with Crippen LogP contribution in [0.4, 0.5) is 13.2 Å². The van der Waals surface area contributed by atoms with Crippen molar-refractivity contribution in [2.75, 3.05) is 0 Å². The topological polar surface area (TPSA) is 0 Å². The van der Waals surface area contributed by atoms with E-state index in [4.69, 9.17) is 11.6 Å². The van der Waals surface area contributed by atoms with Gasteiger partial charge >= 0.3 is 6.18 Å². The minimum absolute atomic E-state index is 0.384. The van der Waals surface area contributed by atoms with Crippen LogP contribution in [0.1, 0.15) is 5.56 Å². The SMILES string of the molecule is FC(F)(F)c1ccc(Br)c(-c2c(Cl)cccc2Br)c1. The van der Waals surface area contributed by atoms with E-state index in [0.29, 0.717) is 25.1 Å². The summed E-state index contributed by atoms with van der Waals surface area (Å²) in [5.74, 6) is 0. The van der Waals surface area contributed by atoms with Gasteiger partial charge in [0.05, 0.1) is 5.56 Å². The molecule has 0 amide bonds. The summed E-state index contributed by atoms with van der Waals surface area (Å²) in [4.78, 5) is 0. The molecule has 2 rings (SSSR count). The monoisotopic (exact) mass is 412 g/mol. The van der Waals surface area contributed by atoms with Gasteiger partial charge in [-0.25, -0.2) is 0 Å². The first-order valence-electron chi connectivity index (χ1n) is 5.12. The van der Waals surface area contributed by atoms with Crippen molar-refractivity contribution in [3.8, 4) is 11.1 Å². The normalized spacial score (nSPS) is 11.7. The Bertz CT molecular complexity index is 604. The number of hydrogen-bond donors (Lipinski definition) is 0. The average Bonchev–Trinajstić information content (AvgIpc) is 2.29. The van der Waals surface area contributed by atoms with Crippen molar-refractivity contribution in [2.45, 2.75) is 6.18 Å². The van der Waals surface area contributed by atoms with Crippen LogP contribution in [0.5, 0.6) is 0 Å². The molecule has 100 valence electrons. The Morgan fingerprint density at radius 3 is 2.21 bits per heavy atom. The molecule has 0 spiro atoms. The molecule has 0 saturated carbocycles. The van der Waals surface area contributed by atoms with Crippen molar-refractivity contribution in [2.24, 2.45) is 0 Å². The highest BCUT2D eigenvalue weighted by atomic mass is 79.9. The highest BCUT2D eigenvalue weighted by Crippen LogP contribution is 2.41. The van der Waals surface area contributed by atoms with Crippen LogP contribution in [0.3, 0.4) is 0 Å². The van der Waals surface area contributed by atoms with Crippen molar-refractivity contribution in [1.29, 1.82) is 0 Å². The van der Waals surface area contributed by atoms with E-state index < -0.39 is 11.7 Å². The second kappa shape index (κ2) is 5.46. The summed E-state index contributed by atoms with van der Waals surface area (Å²) < 4.78 is 39.5. The van der Waals surface area contributed by atoms with Crippen molar-refractivity contribution in [3.05, 3.63) is 55.9 Å². The molecule has 0 saturated heterocycles. The van der Waals surface area contributed by atoms with Crippen LogP contribution in [0.25, 0.3) is 11.1 Å². The van der Waals surface area contributed by atoms with Gasteiger partial charge in [-0.05, 0) is 35.9 Å². The molecule has 19 heavy (non-hydrogen) atoms. The van der Waals surface area contributed by atoms with E-state index in [-0.39, 0.29) is 0 Å². The second-order valence-corrected chi connectivity index (χ2v) is 5.90. The fourth-order valence-electron chi connectivity index (χ4n) is 1.65. The Morgan fingerprint density at radius 1 is 0.947 bits per heavy atom. The van der Waals surface area contributed by atoms with Crippen molar-refractivity contribution in [3.63, 3.8) is 0 Å². The van der Waals surface area contributed by atoms with Crippen molar-refractivity contribution in [1.82, 2.24) is 0 Å². The fourth-order valence-corrected chi connectivity index (χ4v) is 3.06.